The van der Waals surface area contributed by atoms with E-state index in [1.54, 1.807) is 13.8 Å². The van der Waals surface area contributed by atoms with E-state index >= 15 is 0 Å². The second-order valence-corrected chi connectivity index (χ2v) is 8.13. The largest absolute Gasteiger partial charge is 0.338 e. The molecule has 0 aromatic rings. The van der Waals surface area contributed by atoms with Crippen LogP contribution in [0.3, 0.4) is 0 Å². The second kappa shape index (κ2) is 7.07. The number of carbonyl (C=O) groups is 1. The molecule has 1 saturated carbocycles. The Morgan fingerprint density at radius 3 is 2.62 bits per heavy atom. The van der Waals surface area contributed by atoms with Crippen LogP contribution in [0.2, 0.25) is 0 Å². The first-order valence-corrected chi connectivity index (χ1v) is 9.56. The Kier molecular flexibility index (Phi) is 5.62. The van der Waals surface area contributed by atoms with Crippen LogP contribution in [-0.4, -0.2) is 68.1 Å². The molecule has 1 aliphatic heterocycles. The molecule has 21 heavy (non-hydrogen) atoms. The number of carbonyl (C=O) groups excluding carboxylic acids is 1. The summed E-state index contributed by atoms with van der Waals surface area (Å²) in [6, 6.07) is 0.823. The predicted molar refractivity (Wildman–Crippen MR) is 82.5 cm³/mol. The van der Waals surface area contributed by atoms with E-state index in [-0.39, 0.29) is 11.7 Å². The van der Waals surface area contributed by atoms with Crippen LogP contribution in [-0.2, 0) is 14.8 Å². The lowest BCUT2D eigenvalue weighted by atomic mass is 10.2. The van der Waals surface area contributed by atoms with Crippen LogP contribution in [0.4, 0.5) is 0 Å². The molecule has 0 bridgehead atoms. The second-order valence-electron chi connectivity index (χ2n) is 6.03. The molecule has 0 aromatic carbocycles. The number of amides is 1. The van der Waals surface area contributed by atoms with Crippen molar-refractivity contribution in [2.75, 3.05) is 31.9 Å². The number of sulfonamides is 1. The molecule has 0 spiro atoms. The van der Waals surface area contributed by atoms with Crippen molar-refractivity contribution in [2.45, 2.75) is 51.6 Å². The Morgan fingerprint density at radius 2 is 2.05 bits per heavy atom. The molecule has 0 unspecified atom stereocenters. The van der Waals surface area contributed by atoms with Gasteiger partial charge < -0.3 is 4.90 Å². The Bertz CT molecular complexity index is 462. The van der Waals surface area contributed by atoms with Gasteiger partial charge >= 0.3 is 0 Å². The monoisotopic (exact) mass is 317 g/mol. The van der Waals surface area contributed by atoms with Crippen molar-refractivity contribution in [2.24, 2.45) is 0 Å². The van der Waals surface area contributed by atoms with Gasteiger partial charge in [0, 0.05) is 38.6 Å². The third-order valence-corrected chi connectivity index (χ3v) is 5.80. The van der Waals surface area contributed by atoms with Crippen molar-refractivity contribution in [1.29, 1.82) is 0 Å². The lowest BCUT2D eigenvalue weighted by Gasteiger charge is -2.30. The van der Waals surface area contributed by atoms with Gasteiger partial charge in [0.2, 0.25) is 15.9 Å². The van der Waals surface area contributed by atoms with Crippen LogP contribution in [0.25, 0.3) is 0 Å². The van der Waals surface area contributed by atoms with Gasteiger partial charge in [0.05, 0.1) is 5.75 Å². The molecular formula is C14H27N3O3S. The first kappa shape index (κ1) is 16.7. The van der Waals surface area contributed by atoms with Crippen molar-refractivity contribution in [3.63, 3.8) is 0 Å². The van der Waals surface area contributed by atoms with Gasteiger partial charge in [-0.15, -0.1) is 0 Å². The van der Waals surface area contributed by atoms with E-state index in [0.717, 1.165) is 45.3 Å². The fourth-order valence-electron chi connectivity index (χ4n) is 2.99. The highest BCUT2D eigenvalue weighted by molar-refractivity contribution is 7.89. The molecule has 1 aliphatic carbocycles. The number of nitrogens with zero attached hydrogens (tertiary/aromatic N) is 2. The average Bonchev–Trinajstić information content (AvgIpc) is 3.17. The molecule has 1 amide bonds. The first-order chi connectivity index (χ1) is 9.93. The van der Waals surface area contributed by atoms with E-state index in [2.05, 4.69) is 9.62 Å². The molecule has 6 nitrogen and oxygen atoms in total. The van der Waals surface area contributed by atoms with E-state index in [0.29, 0.717) is 18.6 Å². The standard InChI is InChI=1S/C14H27N3O3S/c1-3-21(19,20)15-8-10-16-9-4-5-14(16)11-17(12(2)18)13-6-7-13/h13-15H,3-11H2,1-2H3/t14-/m0/s1. The normalized spacial score (nSPS) is 23.4. The van der Waals surface area contributed by atoms with E-state index in [1.807, 2.05) is 4.90 Å². The third kappa shape index (κ3) is 4.93. The highest BCUT2D eigenvalue weighted by Crippen LogP contribution is 2.29. The summed E-state index contributed by atoms with van der Waals surface area (Å²) in [6.45, 7) is 6.25. The maximum atomic E-state index is 11.7. The fourth-order valence-corrected chi connectivity index (χ4v) is 3.60. The predicted octanol–water partition coefficient (Wildman–Crippen LogP) is 0.401. The van der Waals surface area contributed by atoms with Crippen molar-refractivity contribution < 1.29 is 13.2 Å². The molecule has 1 heterocycles. The van der Waals surface area contributed by atoms with Gasteiger partial charge in [-0.1, -0.05) is 0 Å². The molecule has 1 atom stereocenters. The third-order valence-electron chi connectivity index (χ3n) is 4.40. The number of hydrogen-bond acceptors (Lipinski definition) is 4. The number of hydrogen-bond donors (Lipinski definition) is 1. The topological polar surface area (TPSA) is 69.7 Å². The lowest BCUT2D eigenvalue weighted by Crippen LogP contribution is -2.45. The summed E-state index contributed by atoms with van der Waals surface area (Å²) in [5.74, 6) is 0.284. The maximum Gasteiger partial charge on any atom is 0.219 e. The van der Waals surface area contributed by atoms with E-state index in [4.69, 9.17) is 0 Å². The number of nitrogens with one attached hydrogen (secondary N) is 1. The molecule has 1 N–H and O–H groups in total. The summed E-state index contributed by atoms with van der Waals surface area (Å²) in [5.41, 5.74) is 0. The zero-order valence-corrected chi connectivity index (χ0v) is 13.9. The molecule has 2 aliphatic rings. The minimum absolute atomic E-state index is 0.121. The van der Waals surface area contributed by atoms with Crippen molar-refractivity contribution in [3.05, 3.63) is 0 Å². The summed E-state index contributed by atoms with van der Waals surface area (Å²) < 4.78 is 25.5. The Morgan fingerprint density at radius 1 is 1.33 bits per heavy atom. The summed E-state index contributed by atoms with van der Waals surface area (Å²) in [7, 11) is -3.11. The smallest absolute Gasteiger partial charge is 0.219 e. The van der Waals surface area contributed by atoms with Crippen LogP contribution < -0.4 is 4.72 Å². The van der Waals surface area contributed by atoms with Gasteiger partial charge in [-0.3, -0.25) is 9.69 Å². The molecule has 7 heteroatoms. The van der Waals surface area contributed by atoms with E-state index in [1.165, 1.54) is 0 Å². The Labute approximate surface area is 127 Å². The molecule has 2 rings (SSSR count). The van der Waals surface area contributed by atoms with Gasteiger partial charge in [-0.25, -0.2) is 13.1 Å². The average molecular weight is 317 g/mol. The lowest BCUT2D eigenvalue weighted by molar-refractivity contribution is -0.130. The molecule has 2 fully saturated rings. The summed E-state index contributed by atoms with van der Waals surface area (Å²) in [5, 5.41) is 0. The molecule has 122 valence electrons. The molecule has 0 radical (unpaired) electrons. The van der Waals surface area contributed by atoms with Gasteiger partial charge in [0.1, 0.15) is 0 Å². The van der Waals surface area contributed by atoms with Gasteiger partial charge in [-0.05, 0) is 39.2 Å². The summed E-state index contributed by atoms with van der Waals surface area (Å²) in [6.07, 6.45) is 4.48. The van der Waals surface area contributed by atoms with Crippen molar-refractivity contribution >= 4 is 15.9 Å². The minimum atomic E-state index is -3.11. The van der Waals surface area contributed by atoms with Crippen LogP contribution in [0.1, 0.15) is 39.5 Å². The van der Waals surface area contributed by atoms with Crippen molar-refractivity contribution in [3.8, 4) is 0 Å². The van der Waals surface area contributed by atoms with E-state index in [9.17, 15) is 13.2 Å². The van der Waals surface area contributed by atoms with E-state index < -0.39 is 10.0 Å². The zero-order valence-electron chi connectivity index (χ0n) is 13.0. The zero-order chi connectivity index (χ0) is 15.5. The van der Waals surface area contributed by atoms with Gasteiger partial charge in [0.25, 0.3) is 0 Å². The Hall–Kier alpha value is -0.660. The van der Waals surface area contributed by atoms with Crippen LogP contribution in [0.15, 0.2) is 0 Å². The van der Waals surface area contributed by atoms with Crippen LogP contribution in [0, 0.1) is 0 Å². The highest BCUT2D eigenvalue weighted by Gasteiger charge is 2.34. The fraction of sp³-hybridized carbons (Fsp3) is 0.929. The SMILES string of the molecule is CCS(=O)(=O)NCCN1CCC[C@H]1CN(C(C)=O)C1CC1. The van der Waals surface area contributed by atoms with Crippen LogP contribution in [0.5, 0.6) is 0 Å². The maximum absolute atomic E-state index is 11.7. The molecule has 0 aromatic heterocycles. The minimum Gasteiger partial charge on any atom is -0.338 e. The Balaban J connectivity index is 1.81. The molecular weight excluding hydrogens is 290 g/mol. The highest BCUT2D eigenvalue weighted by atomic mass is 32.2. The van der Waals surface area contributed by atoms with Crippen molar-refractivity contribution in [1.82, 2.24) is 14.5 Å². The number of rotatable bonds is 8. The van der Waals surface area contributed by atoms with Gasteiger partial charge in [0.15, 0.2) is 0 Å². The summed E-state index contributed by atoms with van der Waals surface area (Å²) >= 11 is 0. The van der Waals surface area contributed by atoms with Gasteiger partial charge in [-0.2, -0.15) is 0 Å². The first-order valence-electron chi connectivity index (χ1n) is 7.91. The summed E-state index contributed by atoms with van der Waals surface area (Å²) in [4.78, 5) is 16.0. The van der Waals surface area contributed by atoms with Crippen LogP contribution >= 0.6 is 0 Å². The molecule has 1 saturated heterocycles. The quantitative estimate of drug-likeness (QED) is 0.703. The number of likely N-dealkylation sites (tertiary alicyclic amines) is 1.